The number of nitrogens with one attached hydrogen (secondary N) is 1. The van der Waals surface area contributed by atoms with Crippen LogP contribution in [0.3, 0.4) is 0 Å². The van der Waals surface area contributed by atoms with E-state index in [0.717, 1.165) is 22.1 Å². The van der Waals surface area contributed by atoms with E-state index in [4.69, 9.17) is 11.6 Å². The van der Waals surface area contributed by atoms with Gasteiger partial charge in [0.05, 0.1) is 10.6 Å². The largest absolute Gasteiger partial charge is 0.318 e. The lowest BCUT2D eigenvalue weighted by atomic mass is 10.1. The molecular weight excluding hydrogens is 332 g/mol. The maximum absolute atomic E-state index is 12.5. The second-order valence-corrected chi connectivity index (χ2v) is 6.78. The van der Waals surface area contributed by atoms with Crippen LogP contribution in [0.25, 0.3) is 5.69 Å². The van der Waals surface area contributed by atoms with Crippen molar-refractivity contribution in [3.8, 4) is 5.69 Å². The Morgan fingerprint density at radius 3 is 2.43 bits per heavy atom. The predicted octanol–water partition coefficient (Wildman–Crippen LogP) is 4.16. The van der Waals surface area contributed by atoms with Gasteiger partial charge in [-0.15, -0.1) is 10.2 Å². The Balaban J connectivity index is 1.96. The van der Waals surface area contributed by atoms with Crippen molar-refractivity contribution < 1.29 is 4.79 Å². The molecule has 23 heavy (non-hydrogen) atoms. The highest BCUT2D eigenvalue weighted by Gasteiger charge is 2.15. The van der Waals surface area contributed by atoms with E-state index in [9.17, 15) is 4.79 Å². The van der Waals surface area contributed by atoms with Crippen molar-refractivity contribution >= 4 is 34.0 Å². The number of halogens is 1. The molecule has 0 unspecified atom stereocenters. The van der Waals surface area contributed by atoms with E-state index in [1.165, 1.54) is 11.3 Å². The second kappa shape index (κ2) is 6.14. The van der Waals surface area contributed by atoms with Crippen LogP contribution in [-0.4, -0.2) is 20.7 Å². The van der Waals surface area contributed by atoms with Gasteiger partial charge >= 0.3 is 0 Å². The Labute approximate surface area is 142 Å². The lowest BCUT2D eigenvalue weighted by molar-refractivity contribution is 0.102. The van der Waals surface area contributed by atoms with Gasteiger partial charge in [-0.1, -0.05) is 22.9 Å². The first-order valence-electron chi connectivity index (χ1n) is 7.02. The zero-order valence-electron chi connectivity index (χ0n) is 12.9. The fraction of sp³-hybridized carbons (Fsp3) is 0.188. The van der Waals surface area contributed by atoms with Crippen LogP contribution in [0.2, 0.25) is 5.02 Å². The zero-order chi connectivity index (χ0) is 16.6. The summed E-state index contributed by atoms with van der Waals surface area (Å²) >= 11 is 7.52. The van der Waals surface area contributed by atoms with Crippen LogP contribution in [0.5, 0.6) is 0 Å². The van der Waals surface area contributed by atoms with Crippen molar-refractivity contribution in [1.29, 1.82) is 0 Å². The summed E-state index contributed by atoms with van der Waals surface area (Å²) in [6.07, 6.45) is 0. The van der Waals surface area contributed by atoms with E-state index in [1.54, 1.807) is 12.1 Å². The Hall–Kier alpha value is -2.18. The van der Waals surface area contributed by atoms with Gasteiger partial charge in [0.1, 0.15) is 5.01 Å². The molecule has 0 aliphatic heterocycles. The van der Waals surface area contributed by atoms with Crippen LogP contribution >= 0.6 is 22.9 Å². The Kier molecular flexibility index (Phi) is 4.19. The molecule has 1 aromatic carbocycles. The average Bonchev–Trinajstić information content (AvgIpc) is 3.06. The molecule has 0 aliphatic rings. The molecule has 5 nitrogen and oxygen atoms in total. The molecular formula is C16H15ClN4OS. The smallest absolute Gasteiger partial charge is 0.259 e. The second-order valence-electron chi connectivity index (χ2n) is 5.20. The van der Waals surface area contributed by atoms with Crippen molar-refractivity contribution in [2.45, 2.75) is 20.8 Å². The van der Waals surface area contributed by atoms with Crippen LogP contribution in [-0.2, 0) is 0 Å². The highest BCUT2D eigenvalue weighted by molar-refractivity contribution is 7.15. The molecule has 2 aromatic heterocycles. The summed E-state index contributed by atoms with van der Waals surface area (Å²) in [4.78, 5) is 12.5. The number of hydrogen-bond donors (Lipinski definition) is 1. The van der Waals surface area contributed by atoms with E-state index in [-0.39, 0.29) is 5.91 Å². The van der Waals surface area contributed by atoms with Crippen LogP contribution in [0.15, 0.2) is 30.3 Å². The summed E-state index contributed by atoms with van der Waals surface area (Å²) in [6.45, 7) is 5.87. The molecule has 118 valence electrons. The molecule has 0 saturated carbocycles. The molecule has 7 heteroatoms. The van der Waals surface area contributed by atoms with Gasteiger partial charge in [0.2, 0.25) is 5.13 Å². The molecule has 1 N–H and O–H groups in total. The number of benzene rings is 1. The summed E-state index contributed by atoms with van der Waals surface area (Å²) in [7, 11) is 0. The average molecular weight is 347 g/mol. The first kappa shape index (κ1) is 15.7. The van der Waals surface area contributed by atoms with Crippen LogP contribution in [0.4, 0.5) is 5.13 Å². The maximum atomic E-state index is 12.5. The van der Waals surface area contributed by atoms with E-state index in [1.807, 2.05) is 39.0 Å². The highest BCUT2D eigenvalue weighted by atomic mass is 35.5. The van der Waals surface area contributed by atoms with Gasteiger partial charge < -0.3 is 4.57 Å². The summed E-state index contributed by atoms with van der Waals surface area (Å²) in [5.41, 5.74) is 3.49. The number of aryl methyl sites for hydroxylation is 3. The van der Waals surface area contributed by atoms with Crippen molar-refractivity contribution in [2.24, 2.45) is 0 Å². The Morgan fingerprint density at radius 1 is 1.13 bits per heavy atom. The maximum Gasteiger partial charge on any atom is 0.259 e. The van der Waals surface area contributed by atoms with Gasteiger partial charge in [0.15, 0.2) is 0 Å². The SMILES string of the molecule is Cc1nnc(NC(=O)c2cc(-n3c(C)ccc3C)ccc2Cl)s1. The first-order chi connectivity index (χ1) is 11.0. The van der Waals surface area contributed by atoms with Crippen LogP contribution < -0.4 is 5.32 Å². The third-order valence-corrected chi connectivity index (χ3v) is 4.55. The third-order valence-electron chi connectivity index (χ3n) is 3.47. The molecule has 0 radical (unpaired) electrons. The standard InChI is InChI=1S/C16H15ClN4OS/c1-9-4-5-10(2)21(9)12-6-7-14(17)13(8-12)15(22)18-16-20-19-11(3)23-16/h4-8H,1-3H3,(H,18,20,22). The fourth-order valence-electron chi connectivity index (χ4n) is 2.41. The zero-order valence-corrected chi connectivity index (χ0v) is 14.5. The molecule has 0 atom stereocenters. The molecule has 2 heterocycles. The van der Waals surface area contributed by atoms with E-state index in [2.05, 4.69) is 20.1 Å². The lowest BCUT2D eigenvalue weighted by Crippen LogP contribution is -2.13. The first-order valence-corrected chi connectivity index (χ1v) is 8.21. The van der Waals surface area contributed by atoms with Gasteiger partial charge in [0.25, 0.3) is 5.91 Å². The lowest BCUT2D eigenvalue weighted by Gasteiger charge is -2.12. The molecule has 0 bridgehead atoms. The molecule has 3 aromatic rings. The van der Waals surface area contributed by atoms with Crippen molar-refractivity contribution in [1.82, 2.24) is 14.8 Å². The van der Waals surface area contributed by atoms with Crippen molar-refractivity contribution in [3.05, 3.63) is 57.3 Å². The Bertz CT molecular complexity index is 865. The van der Waals surface area contributed by atoms with Crippen molar-refractivity contribution in [3.63, 3.8) is 0 Å². The summed E-state index contributed by atoms with van der Waals surface area (Å²) < 4.78 is 2.07. The number of rotatable bonds is 3. The minimum atomic E-state index is -0.296. The van der Waals surface area contributed by atoms with Gasteiger partial charge in [-0.3, -0.25) is 10.1 Å². The number of amides is 1. The monoisotopic (exact) mass is 346 g/mol. The van der Waals surface area contributed by atoms with Gasteiger partial charge in [0, 0.05) is 17.1 Å². The van der Waals surface area contributed by atoms with Gasteiger partial charge in [-0.2, -0.15) is 0 Å². The molecule has 0 spiro atoms. The van der Waals surface area contributed by atoms with E-state index < -0.39 is 0 Å². The number of carbonyl (C=O) groups is 1. The number of hydrogen-bond acceptors (Lipinski definition) is 4. The fourth-order valence-corrected chi connectivity index (χ4v) is 3.20. The van der Waals surface area contributed by atoms with Crippen LogP contribution in [0.1, 0.15) is 26.8 Å². The van der Waals surface area contributed by atoms with Crippen LogP contribution in [0, 0.1) is 20.8 Å². The molecule has 1 amide bonds. The normalized spacial score (nSPS) is 10.8. The summed E-state index contributed by atoms with van der Waals surface area (Å²) in [6, 6.07) is 9.48. The molecule has 0 saturated heterocycles. The van der Waals surface area contributed by atoms with Gasteiger partial charge in [-0.25, -0.2) is 0 Å². The molecule has 3 rings (SSSR count). The summed E-state index contributed by atoms with van der Waals surface area (Å²) in [5.74, 6) is -0.296. The van der Waals surface area contributed by atoms with Crippen molar-refractivity contribution in [2.75, 3.05) is 5.32 Å². The quantitative estimate of drug-likeness (QED) is 0.774. The third kappa shape index (κ3) is 3.13. The summed E-state index contributed by atoms with van der Waals surface area (Å²) in [5, 5.41) is 12.2. The van der Waals surface area contributed by atoms with E-state index >= 15 is 0 Å². The minimum absolute atomic E-state index is 0.296. The number of anilines is 1. The Morgan fingerprint density at radius 2 is 1.83 bits per heavy atom. The number of nitrogens with zero attached hydrogens (tertiary/aromatic N) is 3. The predicted molar refractivity (Wildman–Crippen MR) is 92.9 cm³/mol. The number of carbonyl (C=O) groups excluding carboxylic acids is 1. The van der Waals surface area contributed by atoms with E-state index in [0.29, 0.717) is 15.7 Å². The minimum Gasteiger partial charge on any atom is -0.318 e. The van der Waals surface area contributed by atoms with Gasteiger partial charge in [-0.05, 0) is 51.1 Å². The number of aromatic nitrogens is 3. The molecule has 0 fully saturated rings. The highest BCUT2D eigenvalue weighted by Crippen LogP contribution is 2.24. The topological polar surface area (TPSA) is 59.8 Å². The molecule has 0 aliphatic carbocycles.